The minimum Gasteiger partial charge on any atom is -0.461 e. The summed E-state index contributed by atoms with van der Waals surface area (Å²) in [5.74, 6) is 2.55. The molecule has 8 rings (SSSR count). The molecule has 0 N–H and O–H groups in total. The van der Waals surface area contributed by atoms with E-state index in [9.17, 15) is 0 Å². The van der Waals surface area contributed by atoms with Gasteiger partial charge >= 0.3 is 6.01 Å². The lowest BCUT2D eigenvalue weighted by Gasteiger charge is -2.34. The fourth-order valence-corrected chi connectivity index (χ4v) is 7.93. The molecule has 2 bridgehead atoms. The first-order chi connectivity index (χ1) is 18.7. The minimum atomic E-state index is 0.176. The molecule has 0 spiro atoms. The molecule has 2 atom stereocenters. The summed E-state index contributed by atoms with van der Waals surface area (Å²) in [6.07, 6.45) is 11.0. The summed E-state index contributed by atoms with van der Waals surface area (Å²) in [6.45, 7) is 5.23. The van der Waals surface area contributed by atoms with Gasteiger partial charge in [-0.25, -0.2) is 0 Å². The molecular weight excluding hydrogens is 470 g/mol. The summed E-state index contributed by atoms with van der Waals surface area (Å²) in [4.78, 5) is 20.2. The predicted molar refractivity (Wildman–Crippen MR) is 152 cm³/mol. The number of piperidine rings is 1. The average Bonchev–Trinajstić information content (AvgIpc) is 3.64. The molecule has 6 heteroatoms. The summed E-state index contributed by atoms with van der Waals surface area (Å²) in [6, 6.07) is 17.6. The molecule has 2 aromatic heterocycles. The van der Waals surface area contributed by atoms with Gasteiger partial charge in [-0.2, -0.15) is 9.97 Å². The molecule has 0 amide bonds. The number of hydrogen-bond acceptors (Lipinski definition) is 6. The zero-order valence-electron chi connectivity index (χ0n) is 22.0. The summed E-state index contributed by atoms with van der Waals surface area (Å²) in [5.41, 5.74) is 3.18. The van der Waals surface area contributed by atoms with Crippen LogP contribution in [0.5, 0.6) is 6.01 Å². The van der Waals surface area contributed by atoms with Crippen molar-refractivity contribution in [3.63, 3.8) is 0 Å². The second-order valence-corrected chi connectivity index (χ2v) is 12.1. The number of anilines is 1. The third-order valence-corrected chi connectivity index (χ3v) is 9.79. The molecule has 6 nitrogen and oxygen atoms in total. The highest BCUT2D eigenvalue weighted by atomic mass is 16.5. The third-order valence-electron chi connectivity index (χ3n) is 9.79. The Hall–Kier alpha value is -3.25. The van der Waals surface area contributed by atoms with Crippen molar-refractivity contribution in [3.8, 4) is 17.3 Å². The number of hydrogen-bond donors (Lipinski definition) is 0. The van der Waals surface area contributed by atoms with Crippen molar-refractivity contribution < 1.29 is 4.74 Å². The maximum atomic E-state index is 6.51. The van der Waals surface area contributed by atoms with Gasteiger partial charge < -0.3 is 9.64 Å². The van der Waals surface area contributed by atoms with Gasteiger partial charge in [-0.05, 0) is 86.7 Å². The van der Waals surface area contributed by atoms with Crippen LogP contribution >= 0.6 is 0 Å². The minimum absolute atomic E-state index is 0.176. The molecule has 1 saturated carbocycles. The molecule has 4 aromatic rings. The lowest BCUT2D eigenvalue weighted by Crippen LogP contribution is -2.43. The number of fused-ring (bicyclic) bond motifs is 5. The molecule has 2 unspecified atom stereocenters. The molecule has 1 aliphatic carbocycles. The van der Waals surface area contributed by atoms with Gasteiger partial charge in [-0.3, -0.25) is 9.88 Å². The van der Waals surface area contributed by atoms with E-state index in [1.165, 1.54) is 68.8 Å². The summed E-state index contributed by atoms with van der Waals surface area (Å²) >= 11 is 0. The largest absolute Gasteiger partial charge is 0.461 e. The van der Waals surface area contributed by atoms with Crippen LogP contribution < -0.4 is 9.64 Å². The first kappa shape index (κ1) is 22.7. The normalized spacial score (nSPS) is 24.4. The van der Waals surface area contributed by atoms with Gasteiger partial charge in [0.2, 0.25) is 0 Å². The lowest BCUT2D eigenvalue weighted by atomic mass is 9.95. The van der Waals surface area contributed by atoms with E-state index in [1.807, 2.05) is 6.20 Å². The van der Waals surface area contributed by atoms with Gasteiger partial charge in [0.15, 0.2) is 0 Å². The van der Waals surface area contributed by atoms with Gasteiger partial charge in [0.1, 0.15) is 12.4 Å². The van der Waals surface area contributed by atoms with Crippen LogP contribution in [0.1, 0.15) is 44.9 Å². The Morgan fingerprint density at radius 1 is 0.895 bits per heavy atom. The Kier molecular flexibility index (Phi) is 5.32. The average molecular weight is 506 g/mol. The van der Waals surface area contributed by atoms with Gasteiger partial charge in [0, 0.05) is 24.8 Å². The molecule has 38 heavy (non-hydrogen) atoms. The van der Waals surface area contributed by atoms with E-state index in [0.29, 0.717) is 12.6 Å². The Morgan fingerprint density at radius 2 is 1.68 bits per heavy atom. The summed E-state index contributed by atoms with van der Waals surface area (Å²) < 4.78 is 6.51. The molecule has 2 aromatic carbocycles. The Morgan fingerprint density at radius 3 is 2.53 bits per heavy atom. The highest BCUT2D eigenvalue weighted by Crippen LogP contribution is 2.41. The van der Waals surface area contributed by atoms with Crippen LogP contribution in [0, 0.1) is 11.8 Å². The van der Waals surface area contributed by atoms with Crippen molar-refractivity contribution in [2.75, 3.05) is 37.7 Å². The first-order valence-electron chi connectivity index (χ1n) is 14.5. The van der Waals surface area contributed by atoms with Crippen LogP contribution in [-0.4, -0.2) is 58.2 Å². The lowest BCUT2D eigenvalue weighted by molar-refractivity contribution is 0.108. The molecule has 194 valence electrons. The molecular formula is C32H35N5O. The smallest absolute Gasteiger partial charge is 0.319 e. The van der Waals surface area contributed by atoms with Crippen LogP contribution in [0.4, 0.5) is 5.82 Å². The summed E-state index contributed by atoms with van der Waals surface area (Å²) in [5, 5.41) is 3.46. The van der Waals surface area contributed by atoms with E-state index in [2.05, 4.69) is 58.3 Å². The van der Waals surface area contributed by atoms with E-state index in [4.69, 9.17) is 19.7 Å². The number of nitrogens with zero attached hydrogens (tertiary/aromatic N) is 5. The predicted octanol–water partition coefficient (Wildman–Crippen LogP) is 6.09. The maximum Gasteiger partial charge on any atom is 0.319 e. The molecule has 0 radical (unpaired) electrons. The number of pyridine rings is 1. The monoisotopic (exact) mass is 505 g/mol. The van der Waals surface area contributed by atoms with Crippen LogP contribution in [0.2, 0.25) is 0 Å². The highest BCUT2D eigenvalue weighted by Gasteiger charge is 2.45. The van der Waals surface area contributed by atoms with Gasteiger partial charge in [0.25, 0.3) is 0 Å². The van der Waals surface area contributed by atoms with Crippen molar-refractivity contribution in [2.24, 2.45) is 11.8 Å². The molecule has 3 aliphatic heterocycles. The number of rotatable bonds is 5. The fourth-order valence-electron chi connectivity index (χ4n) is 7.93. The van der Waals surface area contributed by atoms with E-state index in [1.54, 1.807) is 0 Å². The van der Waals surface area contributed by atoms with Crippen LogP contribution in [0.15, 0.2) is 54.7 Å². The highest BCUT2D eigenvalue weighted by molar-refractivity contribution is 5.98. The molecule has 4 fully saturated rings. The first-order valence-corrected chi connectivity index (χ1v) is 14.5. The van der Waals surface area contributed by atoms with Crippen LogP contribution in [-0.2, 0) is 0 Å². The van der Waals surface area contributed by atoms with Gasteiger partial charge in [-0.1, -0.05) is 42.5 Å². The van der Waals surface area contributed by atoms with Crippen molar-refractivity contribution in [1.82, 2.24) is 19.9 Å². The zero-order chi connectivity index (χ0) is 25.1. The molecule has 3 saturated heterocycles. The van der Waals surface area contributed by atoms with Crippen molar-refractivity contribution in [3.05, 3.63) is 54.7 Å². The fraction of sp³-hybridized carbons (Fsp3) is 0.469. The molecule has 5 heterocycles. The van der Waals surface area contributed by atoms with Crippen LogP contribution in [0.3, 0.4) is 0 Å². The maximum absolute atomic E-state index is 6.51. The Bertz CT molecular complexity index is 1490. The van der Waals surface area contributed by atoms with Crippen molar-refractivity contribution in [1.29, 1.82) is 0 Å². The number of ether oxygens (including phenoxy) is 1. The Labute approximate surface area is 224 Å². The van der Waals surface area contributed by atoms with E-state index in [0.717, 1.165) is 52.9 Å². The second-order valence-electron chi connectivity index (χ2n) is 12.1. The quantitative estimate of drug-likeness (QED) is 0.327. The number of benzene rings is 2. The third kappa shape index (κ3) is 3.76. The van der Waals surface area contributed by atoms with E-state index >= 15 is 0 Å². The summed E-state index contributed by atoms with van der Waals surface area (Å²) in [7, 11) is 0. The SMILES string of the molecule is c1ccc2c(-c3cc4nc(OCC56CCCN5CCC6)nc(N5CC6CCC(C6)C5)c4cn3)cccc2c1. The topological polar surface area (TPSA) is 54.4 Å². The van der Waals surface area contributed by atoms with Gasteiger partial charge in [-0.15, -0.1) is 0 Å². The zero-order valence-corrected chi connectivity index (χ0v) is 22.0. The molecule has 4 aliphatic rings. The number of aromatic nitrogens is 3. The Balaban J connectivity index is 1.21. The standard InChI is InChI=1S/C32H35N5O/c1-2-8-25-24(6-1)7-3-9-26(25)28-17-29-27(18-33-28)30(36-19-22-10-11-23(16-22)20-36)35-31(34-29)38-21-32-12-4-14-37(32)15-5-13-32/h1-3,6-9,17-18,22-23H,4-5,10-16,19-21H2. The van der Waals surface area contributed by atoms with Gasteiger partial charge in [0.05, 0.1) is 22.1 Å². The van der Waals surface area contributed by atoms with E-state index in [-0.39, 0.29) is 5.54 Å². The van der Waals surface area contributed by atoms with Crippen molar-refractivity contribution >= 4 is 27.5 Å². The second kappa shape index (κ2) is 8.91. The van der Waals surface area contributed by atoms with Crippen molar-refractivity contribution in [2.45, 2.75) is 50.5 Å². The van der Waals surface area contributed by atoms with E-state index < -0.39 is 0 Å². The van der Waals surface area contributed by atoms with Crippen LogP contribution in [0.25, 0.3) is 32.9 Å².